The van der Waals surface area contributed by atoms with Crippen molar-refractivity contribution in [3.8, 4) is 0 Å². The van der Waals surface area contributed by atoms with E-state index in [4.69, 9.17) is 0 Å². The third kappa shape index (κ3) is 1.48. The van der Waals surface area contributed by atoms with E-state index >= 15 is 0 Å². The zero-order valence-electron chi connectivity index (χ0n) is 7.33. The Labute approximate surface area is 84.6 Å². The maximum Gasteiger partial charge on any atom is 0.227 e. The lowest BCUT2D eigenvalue weighted by molar-refractivity contribution is -0.118. The van der Waals surface area contributed by atoms with Crippen molar-refractivity contribution in [2.45, 2.75) is 19.4 Å². The summed E-state index contributed by atoms with van der Waals surface area (Å²) in [6, 6.07) is 1.86. The molecule has 1 aliphatic rings. The Morgan fingerprint density at radius 3 is 3.15 bits per heavy atom. The number of carbonyl (C=O) groups excluding carboxylic acids is 1. The van der Waals surface area contributed by atoms with Crippen molar-refractivity contribution in [1.82, 2.24) is 9.78 Å². The number of aryl methyl sites for hydroxylation is 1. The maximum atomic E-state index is 11.5. The number of fused-ring (bicyclic) bond motifs is 1. The highest BCUT2D eigenvalue weighted by molar-refractivity contribution is 9.10. The Balaban J connectivity index is 2.44. The summed E-state index contributed by atoms with van der Waals surface area (Å²) in [6.45, 7) is 0.816. The molecule has 0 atom stereocenters. The highest BCUT2D eigenvalue weighted by Crippen LogP contribution is 2.22. The van der Waals surface area contributed by atoms with E-state index in [0.717, 1.165) is 23.4 Å². The fraction of sp³-hybridized carbons (Fsp3) is 0.500. The number of halogens is 1. The van der Waals surface area contributed by atoms with Crippen molar-refractivity contribution in [3.05, 3.63) is 10.7 Å². The van der Waals surface area contributed by atoms with Crippen LogP contribution in [0.2, 0.25) is 0 Å². The molecule has 0 bridgehead atoms. The first-order valence-corrected chi connectivity index (χ1v) is 4.97. The van der Waals surface area contributed by atoms with E-state index in [1.165, 1.54) is 0 Å². The van der Waals surface area contributed by atoms with Crippen LogP contribution in [0.25, 0.3) is 0 Å². The molecule has 1 amide bonds. The van der Waals surface area contributed by atoms with E-state index in [0.29, 0.717) is 6.42 Å². The van der Waals surface area contributed by atoms with Crippen LogP contribution in [0.3, 0.4) is 0 Å². The van der Waals surface area contributed by atoms with Crippen molar-refractivity contribution in [2.24, 2.45) is 0 Å². The van der Waals surface area contributed by atoms with Gasteiger partial charge in [-0.3, -0.25) is 4.79 Å². The molecule has 1 aliphatic heterocycles. The molecule has 0 saturated heterocycles. The lowest BCUT2D eigenvalue weighted by atomic mass is 10.3. The summed E-state index contributed by atoms with van der Waals surface area (Å²) >= 11 is 3.30. The third-order valence-electron chi connectivity index (χ3n) is 2.21. The molecule has 0 aromatic carbocycles. The zero-order valence-corrected chi connectivity index (χ0v) is 8.91. The van der Waals surface area contributed by atoms with Gasteiger partial charge in [-0.2, -0.15) is 5.10 Å². The van der Waals surface area contributed by atoms with E-state index in [2.05, 4.69) is 21.0 Å². The fourth-order valence-electron chi connectivity index (χ4n) is 1.49. The molecule has 70 valence electrons. The molecule has 4 nitrogen and oxygen atoms in total. The Hall–Kier alpha value is -0.840. The van der Waals surface area contributed by atoms with E-state index in [9.17, 15) is 4.79 Å². The number of amides is 1. The molecule has 1 aromatic rings. The monoisotopic (exact) mass is 243 g/mol. The Bertz CT molecular complexity index is 347. The molecule has 5 heteroatoms. The van der Waals surface area contributed by atoms with Crippen LogP contribution in [-0.4, -0.2) is 22.7 Å². The normalized spacial score (nSPS) is 17.1. The summed E-state index contributed by atoms with van der Waals surface area (Å²) in [7, 11) is 1.79. The van der Waals surface area contributed by atoms with Crippen LogP contribution in [0.4, 0.5) is 5.82 Å². The topological polar surface area (TPSA) is 38.1 Å². The molecule has 13 heavy (non-hydrogen) atoms. The minimum Gasteiger partial charge on any atom is -0.300 e. The van der Waals surface area contributed by atoms with E-state index in [1.54, 1.807) is 11.9 Å². The molecule has 0 saturated carbocycles. The summed E-state index contributed by atoms with van der Waals surface area (Å²) in [4.78, 5) is 13.1. The minimum absolute atomic E-state index is 0.158. The van der Waals surface area contributed by atoms with Crippen LogP contribution in [0.15, 0.2) is 10.7 Å². The lowest BCUT2D eigenvalue weighted by Gasteiger charge is -2.13. The SMILES string of the molecule is CN1C(=O)CCCn2nc(Br)cc21. The first-order chi connectivity index (χ1) is 6.18. The van der Waals surface area contributed by atoms with Gasteiger partial charge in [-0.25, -0.2) is 4.68 Å². The fourth-order valence-corrected chi connectivity index (χ4v) is 1.88. The minimum atomic E-state index is 0.158. The maximum absolute atomic E-state index is 11.5. The number of nitrogens with zero attached hydrogens (tertiary/aromatic N) is 3. The first kappa shape index (κ1) is 8.74. The van der Waals surface area contributed by atoms with Gasteiger partial charge in [0.1, 0.15) is 10.4 Å². The standard InChI is InChI=1S/C8H10BrN3O/c1-11-7-5-6(9)10-12(7)4-2-3-8(11)13/h5H,2-4H2,1H3. The van der Waals surface area contributed by atoms with Crippen LogP contribution in [0.5, 0.6) is 0 Å². The average molecular weight is 244 g/mol. The van der Waals surface area contributed by atoms with Crippen molar-refractivity contribution < 1.29 is 4.79 Å². The average Bonchev–Trinajstić information content (AvgIpc) is 2.40. The summed E-state index contributed by atoms with van der Waals surface area (Å²) in [6.07, 6.45) is 1.47. The van der Waals surface area contributed by atoms with Crippen molar-refractivity contribution in [3.63, 3.8) is 0 Å². The highest BCUT2D eigenvalue weighted by Gasteiger charge is 2.19. The molecule has 0 N–H and O–H groups in total. The molecule has 0 spiro atoms. The van der Waals surface area contributed by atoms with Gasteiger partial charge >= 0.3 is 0 Å². The third-order valence-corrected chi connectivity index (χ3v) is 2.59. The van der Waals surface area contributed by atoms with Crippen molar-refractivity contribution >= 4 is 27.7 Å². The van der Waals surface area contributed by atoms with Gasteiger partial charge in [-0.15, -0.1) is 0 Å². The largest absolute Gasteiger partial charge is 0.300 e. The predicted molar refractivity (Wildman–Crippen MR) is 52.6 cm³/mol. The van der Waals surface area contributed by atoms with Gasteiger partial charge in [0.05, 0.1) is 0 Å². The number of aromatic nitrogens is 2. The van der Waals surface area contributed by atoms with E-state index < -0.39 is 0 Å². The first-order valence-electron chi connectivity index (χ1n) is 4.18. The van der Waals surface area contributed by atoms with Gasteiger partial charge in [-0.1, -0.05) is 0 Å². The second-order valence-corrected chi connectivity index (χ2v) is 3.92. The molecule has 2 heterocycles. The predicted octanol–water partition coefficient (Wildman–Crippen LogP) is 1.40. The van der Waals surface area contributed by atoms with Crippen LogP contribution in [-0.2, 0) is 11.3 Å². The second kappa shape index (κ2) is 3.14. The Morgan fingerprint density at radius 2 is 2.38 bits per heavy atom. The number of carbonyl (C=O) groups is 1. The molecular formula is C8H10BrN3O. The van der Waals surface area contributed by atoms with Crippen LogP contribution in [0, 0.1) is 0 Å². The highest BCUT2D eigenvalue weighted by atomic mass is 79.9. The second-order valence-electron chi connectivity index (χ2n) is 3.10. The van der Waals surface area contributed by atoms with Crippen molar-refractivity contribution in [2.75, 3.05) is 11.9 Å². The van der Waals surface area contributed by atoms with Gasteiger partial charge < -0.3 is 4.90 Å². The molecule has 2 rings (SSSR count). The molecule has 0 fully saturated rings. The molecule has 0 unspecified atom stereocenters. The molecule has 1 aromatic heterocycles. The van der Waals surface area contributed by atoms with Gasteiger partial charge in [0, 0.05) is 26.1 Å². The Kier molecular flexibility index (Phi) is 2.11. The van der Waals surface area contributed by atoms with Crippen LogP contribution < -0.4 is 4.90 Å². The van der Waals surface area contributed by atoms with E-state index in [-0.39, 0.29) is 5.91 Å². The molecule has 0 radical (unpaired) electrons. The number of hydrogen-bond donors (Lipinski definition) is 0. The number of rotatable bonds is 0. The van der Waals surface area contributed by atoms with Gasteiger partial charge in [0.25, 0.3) is 0 Å². The quantitative estimate of drug-likeness (QED) is 0.691. The number of anilines is 1. The summed E-state index contributed by atoms with van der Waals surface area (Å²) in [5.41, 5.74) is 0. The van der Waals surface area contributed by atoms with Gasteiger partial charge in [0.2, 0.25) is 5.91 Å². The summed E-state index contributed by atoms with van der Waals surface area (Å²) in [5, 5.41) is 4.24. The number of hydrogen-bond acceptors (Lipinski definition) is 2. The van der Waals surface area contributed by atoms with Crippen LogP contribution in [0.1, 0.15) is 12.8 Å². The smallest absolute Gasteiger partial charge is 0.227 e. The zero-order chi connectivity index (χ0) is 9.42. The lowest BCUT2D eigenvalue weighted by Crippen LogP contribution is -2.25. The van der Waals surface area contributed by atoms with E-state index in [1.807, 2.05) is 10.7 Å². The van der Waals surface area contributed by atoms with Crippen molar-refractivity contribution in [1.29, 1.82) is 0 Å². The van der Waals surface area contributed by atoms with Gasteiger partial charge in [0.15, 0.2) is 0 Å². The molecule has 0 aliphatic carbocycles. The summed E-state index contributed by atoms with van der Waals surface area (Å²) in [5.74, 6) is 1.03. The molecular weight excluding hydrogens is 234 g/mol. The Morgan fingerprint density at radius 1 is 1.62 bits per heavy atom. The van der Waals surface area contributed by atoms with Gasteiger partial charge in [-0.05, 0) is 22.4 Å². The van der Waals surface area contributed by atoms with Crippen LogP contribution >= 0.6 is 15.9 Å². The summed E-state index contributed by atoms with van der Waals surface area (Å²) < 4.78 is 2.64.